The van der Waals surface area contributed by atoms with E-state index in [0.717, 1.165) is 45.3 Å². The molecule has 3 rings (SSSR count). The third-order valence-corrected chi connectivity index (χ3v) is 4.59. The molecule has 2 aliphatic heterocycles. The highest BCUT2D eigenvalue weighted by Crippen LogP contribution is 2.30. The molecule has 2 saturated heterocycles. The number of nitrogens with one attached hydrogen (secondary N) is 1. The van der Waals surface area contributed by atoms with Crippen LogP contribution in [-0.2, 0) is 0 Å². The summed E-state index contributed by atoms with van der Waals surface area (Å²) in [6, 6.07) is 6.61. The van der Waals surface area contributed by atoms with E-state index in [1.165, 1.54) is 6.07 Å². The molecular formula is C16H21FN2O. The molecule has 20 heavy (non-hydrogen) atoms. The number of nitrogens with zero attached hydrogens (tertiary/aromatic N) is 1. The summed E-state index contributed by atoms with van der Waals surface area (Å²) in [5.74, 6) is 0.0204. The molecule has 2 aliphatic rings. The molecule has 1 atom stereocenters. The average Bonchev–Trinajstić information content (AvgIpc) is 2.97. The van der Waals surface area contributed by atoms with Crippen LogP contribution in [-0.4, -0.2) is 36.5 Å². The summed E-state index contributed by atoms with van der Waals surface area (Å²) in [6.45, 7) is 2.83. The minimum Gasteiger partial charge on any atom is -0.335 e. The molecule has 0 bridgehead atoms. The summed E-state index contributed by atoms with van der Waals surface area (Å²) in [5.41, 5.74) is 0.216. The summed E-state index contributed by atoms with van der Waals surface area (Å²) in [4.78, 5) is 14.5. The Balaban J connectivity index is 1.78. The van der Waals surface area contributed by atoms with Gasteiger partial charge in [-0.25, -0.2) is 4.39 Å². The highest BCUT2D eigenvalue weighted by Gasteiger charge is 2.36. The molecular weight excluding hydrogens is 255 g/mol. The Morgan fingerprint density at radius 2 is 1.95 bits per heavy atom. The van der Waals surface area contributed by atoms with Crippen molar-refractivity contribution in [3.63, 3.8) is 0 Å². The van der Waals surface area contributed by atoms with Crippen LogP contribution in [0.4, 0.5) is 4.39 Å². The molecule has 2 fully saturated rings. The van der Waals surface area contributed by atoms with Crippen molar-refractivity contribution in [1.82, 2.24) is 10.2 Å². The molecule has 1 N–H and O–H groups in total. The number of hydrogen-bond acceptors (Lipinski definition) is 2. The zero-order valence-corrected chi connectivity index (χ0v) is 11.6. The molecule has 1 aromatic carbocycles. The highest BCUT2D eigenvalue weighted by atomic mass is 19.1. The van der Waals surface area contributed by atoms with Gasteiger partial charge in [-0.15, -0.1) is 0 Å². The third kappa shape index (κ3) is 2.57. The number of hydrogen-bond donors (Lipinski definition) is 1. The van der Waals surface area contributed by atoms with E-state index in [4.69, 9.17) is 0 Å². The summed E-state index contributed by atoms with van der Waals surface area (Å²) in [5, 5.41) is 3.36. The number of piperidine rings is 1. The van der Waals surface area contributed by atoms with Gasteiger partial charge in [-0.1, -0.05) is 12.1 Å². The van der Waals surface area contributed by atoms with Gasteiger partial charge < -0.3 is 10.2 Å². The van der Waals surface area contributed by atoms with Crippen LogP contribution in [0.15, 0.2) is 24.3 Å². The van der Waals surface area contributed by atoms with Crippen molar-refractivity contribution in [2.45, 2.75) is 31.7 Å². The molecule has 0 aliphatic carbocycles. The van der Waals surface area contributed by atoms with Gasteiger partial charge in [0.1, 0.15) is 5.82 Å². The van der Waals surface area contributed by atoms with Crippen molar-refractivity contribution in [2.75, 3.05) is 19.6 Å². The number of benzene rings is 1. The van der Waals surface area contributed by atoms with Crippen molar-refractivity contribution in [2.24, 2.45) is 5.92 Å². The summed E-state index contributed by atoms with van der Waals surface area (Å²) in [6.07, 6.45) is 4.33. The van der Waals surface area contributed by atoms with E-state index in [2.05, 4.69) is 5.32 Å². The van der Waals surface area contributed by atoms with E-state index in [0.29, 0.717) is 12.0 Å². The number of likely N-dealkylation sites (tertiary alicyclic amines) is 1. The van der Waals surface area contributed by atoms with Crippen molar-refractivity contribution in [3.05, 3.63) is 35.6 Å². The first-order valence-corrected chi connectivity index (χ1v) is 7.53. The second-order valence-electron chi connectivity index (χ2n) is 5.78. The molecule has 2 heterocycles. The minimum atomic E-state index is -0.409. The highest BCUT2D eigenvalue weighted by molar-refractivity contribution is 5.94. The maximum absolute atomic E-state index is 13.8. The van der Waals surface area contributed by atoms with Crippen molar-refractivity contribution in [1.29, 1.82) is 0 Å². The predicted molar refractivity (Wildman–Crippen MR) is 76.1 cm³/mol. The lowest BCUT2D eigenvalue weighted by molar-refractivity contribution is 0.0661. The summed E-state index contributed by atoms with van der Waals surface area (Å²) >= 11 is 0. The molecule has 0 spiro atoms. The Hall–Kier alpha value is -1.42. The number of amides is 1. The topological polar surface area (TPSA) is 32.3 Å². The lowest BCUT2D eigenvalue weighted by Gasteiger charge is -2.34. The monoisotopic (exact) mass is 276 g/mol. The SMILES string of the molecule is O=C(c1ccccc1F)N1CCCC1C1CCNCC1. The predicted octanol–water partition coefficient (Wildman–Crippen LogP) is 2.43. The fraction of sp³-hybridized carbons (Fsp3) is 0.562. The Labute approximate surface area is 119 Å². The maximum Gasteiger partial charge on any atom is 0.257 e. The van der Waals surface area contributed by atoms with Gasteiger partial charge in [0.05, 0.1) is 5.56 Å². The molecule has 0 saturated carbocycles. The van der Waals surface area contributed by atoms with E-state index in [-0.39, 0.29) is 11.5 Å². The lowest BCUT2D eigenvalue weighted by atomic mass is 9.88. The van der Waals surface area contributed by atoms with Crippen molar-refractivity contribution in [3.8, 4) is 0 Å². The first-order chi connectivity index (χ1) is 9.77. The molecule has 1 amide bonds. The van der Waals surface area contributed by atoms with Gasteiger partial charge in [-0.2, -0.15) is 0 Å². The van der Waals surface area contributed by atoms with E-state index in [1.54, 1.807) is 18.2 Å². The zero-order valence-electron chi connectivity index (χ0n) is 11.6. The third-order valence-electron chi connectivity index (χ3n) is 4.59. The maximum atomic E-state index is 13.8. The van der Waals surface area contributed by atoms with Crippen LogP contribution >= 0.6 is 0 Å². The number of rotatable bonds is 2. The van der Waals surface area contributed by atoms with Crippen LogP contribution in [0.5, 0.6) is 0 Å². The van der Waals surface area contributed by atoms with Crippen molar-refractivity contribution >= 4 is 5.91 Å². The van der Waals surface area contributed by atoms with E-state index >= 15 is 0 Å². The van der Waals surface area contributed by atoms with Crippen LogP contribution in [0.2, 0.25) is 0 Å². The molecule has 1 aromatic rings. The van der Waals surface area contributed by atoms with Gasteiger partial charge in [0.25, 0.3) is 5.91 Å². The van der Waals surface area contributed by atoms with Crippen LogP contribution in [0, 0.1) is 11.7 Å². The Morgan fingerprint density at radius 3 is 2.70 bits per heavy atom. The Morgan fingerprint density at radius 1 is 1.20 bits per heavy atom. The van der Waals surface area contributed by atoms with E-state index in [9.17, 15) is 9.18 Å². The normalized spacial score (nSPS) is 24.1. The van der Waals surface area contributed by atoms with Gasteiger partial charge in [0.15, 0.2) is 0 Å². The standard InChI is InChI=1S/C16H21FN2O/c17-14-5-2-1-4-13(14)16(20)19-11-3-6-15(19)12-7-9-18-10-8-12/h1-2,4-5,12,15,18H,3,6-11H2. The fourth-order valence-corrected chi connectivity index (χ4v) is 3.55. The summed E-state index contributed by atoms with van der Waals surface area (Å²) in [7, 11) is 0. The second-order valence-corrected chi connectivity index (χ2v) is 5.78. The van der Waals surface area contributed by atoms with Gasteiger partial charge in [-0.3, -0.25) is 4.79 Å². The van der Waals surface area contributed by atoms with Crippen LogP contribution < -0.4 is 5.32 Å². The van der Waals surface area contributed by atoms with Crippen molar-refractivity contribution < 1.29 is 9.18 Å². The van der Waals surface area contributed by atoms with Gasteiger partial charge in [-0.05, 0) is 56.8 Å². The zero-order chi connectivity index (χ0) is 13.9. The largest absolute Gasteiger partial charge is 0.335 e. The second kappa shape index (κ2) is 5.92. The Kier molecular flexibility index (Phi) is 4.01. The van der Waals surface area contributed by atoms with E-state index in [1.807, 2.05) is 4.90 Å². The van der Waals surface area contributed by atoms with Crippen LogP contribution in [0.1, 0.15) is 36.0 Å². The molecule has 108 valence electrons. The lowest BCUT2D eigenvalue weighted by Crippen LogP contribution is -2.44. The summed E-state index contributed by atoms with van der Waals surface area (Å²) < 4.78 is 13.8. The fourth-order valence-electron chi connectivity index (χ4n) is 3.55. The molecule has 1 unspecified atom stereocenters. The van der Waals surface area contributed by atoms with E-state index < -0.39 is 5.82 Å². The first kappa shape index (κ1) is 13.6. The quantitative estimate of drug-likeness (QED) is 0.900. The first-order valence-electron chi connectivity index (χ1n) is 7.53. The van der Waals surface area contributed by atoms with Gasteiger partial charge in [0.2, 0.25) is 0 Å². The van der Waals surface area contributed by atoms with Crippen LogP contribution in [0.3, 0.4) is 0 Å². The number of carbonyl (C=O) groups excluding carboxylic acids is 1. The van der Waals surface area contributed by atoms with Gasteiger partial charge in [0, 0.05) is 12.6 Å². The average molecular weight is 276 g/mol. The Bertz CT molecular complexity index is 485. The molecule has 4 heteroatoms. The minimum absolute atomic E-state index is 0.135. The molecule has 3 nitrogen and oxygen atoms in total. The van der Waals surface area contributed by atoms with Crippen LogP contribution in [0.25, 0.3) is 0 Å². The smallest absolute Gasteiger partial charge is 0.257 e. The number of halogens is 1. The molecule has 0 aromatic heterocycles. The molecule has 0 radical (unpaired) electrons. The van der Waals surface area contributed by atoms with Gasteiger partial charge >= 0.3 is 0 Å². The number of carbonyl (C=O) groups is 1.